The molecule has 3 atom stereocenters. The van der Waals surface area contributed by atoms with Gasteiger partial charge in [-0.1, -0.05) is 30.3 Å². The Morgan fingerprint density at radius 1 is 1.00 bits per heavy atom. The van der Waals surface area contributed by atoms with Crippen molar-refractivity contribution < 1.29 is 14.0 Å². The molecule has 2 saturated heterocycles. The van der Waals surface area contributed by atoms with Crippen LogP contribution in [0.1, 0.15) is 31.2 Å². The van der Waals surface area contributed by atoms with Gasteiger partial charge >= 0.3 is 0 Å². The molecule has 0 bridgehead atoms. The highest BCUT2D eigenvalue weighted by atomic mass is 19.1. The molecule has 2 aliphatic heterocycles. The van der Waals surface area contributed by atoms with Gasteiger partial charge in [0.1, 0.15) is 5.82 Å². The predicted molar refractivity (Wildman–Crippen MR) is 132 cm³/mol. The molecule has 2 aromatic carbocycles. The Balaban J connectivity index is 1.39. The molecule has 0 radical (unpaired) electrons. The molecule has 0 spiro atoms. The Morgan fingerprint density at radius 2 is 1.71 bits per heavy atom. The zero-order chi connectivity index (χ0) is 23.9. The zero-order valence-corrected chi connectivity index (χ0v) is 19.9. The van der Waals surface area contributed by atoms with Crippen LogP contribution in [0.15, 0.2) is 54.6 Å². The number of hydrogen-bond acceptors (Lipinski definition) is 4. The van der Waals surface area contributed by atoms with E-state index in [9.17, 15) is 14.0 Å². The summed E-state index contributed by atoms with van der Waals surface area (Å²) in [5.41, 5.74) is 1.72. The summed E-state index contributed by atoms with van der Waals surface area (Å²) in [6, 6.07) is 16.4. The van der Waals surface area contributed by atoms with E-state index in [4.69, 9.17) is 0 Å². The monoisotopic (exact) mass is 466 g/mol. The third-order valence-corrected chi connectivity index (χ3v) is 7.08. The molecule has 0 aliphatic carbocycles. The van der Waals surface area contributed by atoms with Crippen molar-refractivity contribution in [3.8, 4) is 0 Å². The highest BCUT2D eigenvalue weighted by molar-refractivity contribution is 5.93. The molecule has 2 aromatic rings. The highest BCUT2D eigenvalue weighted by Gasteiger charge is 2.35. The Hall–Kier alpha value is -2.77. The van der Waals surface area contributed by atoms with Crippen molar-refractivity contribution >= 4 is 17.5 Å². The molecule has 2 aliphatic rings. The number of hydrogen-bond donors (Lipinski definition) is 2. The van der Waals surface area contributed by atoms with Gasteiger partial charge in [0.2, 0.25) is 11.8 Å². The van der Waals surface area contributed by atoms with Gasteiger partial charge in [0.15, 0.2) is 0 Å². The van der Waals surface area contributed by atoms with Crippen LogP contribution in [-0.4, -0.2) is 60.9 Å². The fourth-order valence-corrected chi connectivity index (χ4v) is 5.17. The lowest BCUT2D eigenvalue weighted by Gasteiger charge is -2.36. The predicted octanol–water partition coefficient (Wildman–Crippen LogP) is 3.50. The van der Waals surface area contributed by atoms with Crippen molar-refractivity contribution in [3.63, 3.8) is 0 Å². The average Bonchev–Trinajstić information content (AvgIpc) is 3.25. The van der Waals surface area contributed by atoms with E-state index in [1.54, 1.807) is 12.1 Å². The summed E-state index contributed by atoms with van der Waals surface area (Å²) < 4.78 is 13.2. The van der Waals surface area contributed by atoms with E-state index in [-0.39, 0.29) is 29.5 Å². The Bertz CT molecular complexity index is 953. The number of rotatable bonds is 8. The van der Waals surface area contributed by atoms with Gasteiger partial charge in [-0.3, -0.25) is 14.5 Å². The van der Waals surface area contributed by atoms with Crippen LogP contribution in [0.3, 0.4) is 0 Å². The van der Waals surface area contributed by atoms with Crippen LogP contribution < -0.4 is 10.6 Å². The lowest BCUT2D eigenvalue weighted by atomic mass is 9.87. The van der Waals surface area contributed by atoms with Gasteiger partial charge in [-0.2, -0.15) is 0 Å². The molecule has 34 heavy (non-hydrogen) atoms. The lowest BCUT2D eigenvalue weighted by molar-refractivity contribution is -0.130. The minimum absolute atomic E-state index is 0.0259. The van der Waals surface area contributed by atoms with Gasteiger partial charge in [-0.05, 0) is 69.1 Å². The molecule has 0 unspecified atom stereocenters. The summed E-state index contributed by atoms with van der Waals surface area (Å²) >= 11 is 0. The van der Waals surface area contributed by atoms with E-state index in [2.05, 4.69) is 39.6 Å². The number of anilines is 1. The minimum Gasteiger partial charge on any atom is -0.356 e. The number of piperidine rings is 1. The SMILES string of the molecule is CN1CCC[C@H]1CCNC(=O)[C@H]1C[C@@H](C(=O)Nc2ccc(F)cc2)CN(Cc2ccccc2)C1. The summed E-state index contributed by atoms with van der Waals surface area (Å²) in [5, 5.41) is 6.03. The molecule has 2 heterocycles. The van der Waals surface area contributed by atoms with Crippen molar-refractivity contribution in [2.24, 2.45) is 11.8 Å². The largest absolute Gasteiger partial charge is 0.356 e. The molecule has 2 N–H and O–H groups in total. The van der Waals surface area contributed by atoms with Gasteiger partial charge < -0.3 is 15.5 Å². The number of amides is 2. The van der Waals surface area contributed by atoms with Crippen LogP contribution in [0.2, 0.25) is 0 Å². The number of likely N-dealkylation sites (tertiary alicyclic amines) is 2. The fourth-order valence-electron chi connectivity index (χ4n) is 5.17. The van der Waals surface area contributed by atoms with E-state index >= 15 is 0 Å². The number of nitrogens with zero attached hydrogens (tertiary/aromatic N) is 2. The first-order valence-corrected chi connectivity index (χ1v) is 12.3. The smallest absolute Gasteiger partial charge is 0.228 e. The molecule has 182 valence electrons. The Morgan fingerprint density at radius 3 is 2.38 bits per heavy atom. The van der Waals surface area contributed by atoms with E-state index < -0.39 is 0 Å². The standard InChI is InChI=1S/C27H35FN4O2/c1-31-15-5-8-25(31)13-14-29-26(33)21-16-22(27(34)30-24-11-9-23(28)10-12-24)19-32(18-21)17-20-6-3-2-4-7-20/h2-4,6-7,9-12,21-22,25H,5,8,13-19H2,1H3,(H,29,33)(H,30,34)/t21-,22+,25-/m0/s1. The summed E-state index contributed by atoms with van der Waals surface area (Å²) in [4.78, 5) is 30.7. The van der Waals surface area contributed by atoms with E-state index in [1.165, 1.54) is 25.0 Å². The zero-order valence-electron chi connectivity index (χ0n) is 19.9. The van der Waals surface area contributed by atoms with Gasteiger partial charge in [-0.25, -0.2) is 4.39 Å². The van der Waals surface area contributed by atoms with Gasteiger partial charge in [0, 0.05) is 37.9 Å². The molecule has 2 amide bonds. The normalized spacial score (nSPS) is 23.5. The van der Waals surface area contributed by atoms with Crippen molar-refractivity contribution in [2.75, 3.05) is 38.5 Å². The third-order valence-electron chi connectivity index (χ3n) is 7.08. The molecular formula is C27H35FN4O2. The fraction of sp³-hybridized carbons (Fsp3) is 0.481. The first-order chi connectivity index (χ1) is 16.5. The van der Waals surface area contributed by atoms with E-state index in [0.29, 0.717) is 44.3 Å². The third kappa shape index (κ3) is 6.64. The Kier molecular flexibility index (Phi) is 8.29. The van der Waals surface area contributed by atoms with Crippen molar-refractivity contribution in [2.45, 2.75) is 38.3 Å². The van der Waals surface area contributed by atoms with E-state index in [1.807, 2.05) is 18.2 Å². The van der Waals surface area contributed by atoms with Crippen LogP contribution in [0.25, 0.3) is 0 Å². The first kappa shape index (κ1) is 24.4. The molecule has 4 rings (SSSR count). The van der Waals surface area contributed by atoms with Crippen molar-refractivity contribution in [1.29, 1.82) is 0 Å². The Labute approximate surface area is 201 Å². The topological polar surface area (TPSA) is 64.7 Å². The van der Waals surface area contributed by atoms with Gasteiger partial charge in [0.25, 0.3) is 0 Å². The van der Waals surface area contributed by atoms with Crippen LogP contribution in [-0.2, 0) is 16.1 Å². The second-order valence-electron chi connectivity index (χ2n) is 9.66. The maximum atomic E-state index is 13.2. The molecule has 7 heteroatoms. The summed E-state index contributed by atoms with van der Waals surface area (Å²) in [6.07, 6.45) is 3.87. The van der Waals surface area contributed by atoms with Crippen molar-refractivity contribution in [1.82, 2.24) is 15.1 Å². The maximum absolute atomic E-state index is 13.2. The van der Waals surface area contributed by atoms with Crippen LogP contribution in [0.5, 0.6) is 0 Å². The maximum Gasteiger partial charge on any atom is 0.228 e. The summed E-state index contributed by atoms with van der Waals surface area (Å²) in [7, 11) is 2.15. The van der Waals surface area contributed by atoms with Gasteiger partial charge in [-0.15, -0.1) is 0 Å². The van der Waals surface area contributed by atoms with Crippen LogP contribution in [0, 0.1) is 17.7 Å². The summed E-state index contributed by atoms with van der Waals surface area (Å²) in [5.74, 6) is -1.01. The molecule has 6 nitrogen and oxygen atoms in total. The highest BCUT2D eigenvalue weighted by Crippen LogP contribution is 2.26. The minimum atomic E-state index is -0.342. The van der Waals surface area contributed by atoms with Crippen LogP contribution >= 0.6 is 0 Å². The number of nitrogens with one attached hydrogen (secondary N) is 2. The quantitative estimate of drug-likeness (QED) is 0.625. The number of carbonyl (C=O) groups is 2. The lowest BCUT2D eigenvalue weighted by Crippen LogP contribution is -2.49. The molecular weight excluding hydrogens is 431 g/mol. The number of halogens is 1. The van der Waals surface area contributed by atoms with E-state index in [0.717, 1.165) is 18.5 Å². The number of benzene rings is 2. The second kappa shape index (κ2) is 11.6. The van der Waals surface area contributed by atoms with Gasteiger partial charge in [0.05, 0.1) is 11.8 Å². The molecule has 0 saturated carbocycles. The molecule has 0 aromatic heterocycles. The first-order valence-electron chi connectivity index (χ1n) is 12.3. The average molecular weight is 467 g/mol. The molecule has 2 fully saturated rings. The van der Waals surface area contributed by atoms with Crippen molar-refractivity contribution in [3.05, 3.63) is 66.0 Å². The van der Waals surface area contributed by atoms with Crippen LogP contribution in [0.4, 0.5) is 10.1 Å². The summed E-state index contributed by atoms with van der Waals surface area (Å²) in [6.45, 7) is 3.69. The second-order valence-corrected chi connectivity index (χ2v) is 9.66. The number of carbonyl (C=O) groups excluding carboxylic acids is 2.